The summed E-state index contributed by atoms with van der Waals surface area (Å²) in [6, 6.07) is 7.64. The van der Waals surface area contributed by atoms with Gasteiger partial charge in [0.1, 0.15) is 5.17 Å². The zero-order valence-electron chi connectivity index (χ0n) is 8.10. The van der Waals surface area contributed by atoms with Crippen LogP contribution in [0.25, 0.3) is 0 Å². The van der Waals surface area contributed by atoms with E-state index < -0.39 is 22.3 Å². The molecule has 0 atom stereocenters. The van der Waals surface area contributed by atoms with Gasteiger partial charge in [0.15, 0.2) is 5.70 Å². The predicted molar refractivity (Wildman–Crippen MR) is 58.9 cm³/mol. The Kier molecular flexibility index (Phi) is 4.54. The van der Waals surface area contributed by atoms with Gasteiger partial charge in [0.2, 0.25) is 0 Å². The van der Waals surface area contributed by atoms with Crippen molar-refractivity contribution < 1.29 is 17.6 Å². The Labute approximate surface area is 104 Å². The van der Waals surface area contributed by atoms with Gasteiger partial charge in [0, 0.05) is 5.56 Å². The summed E-state index contributed by atoms with van der Waals surface area (Å²) in [4.78, 5) is 2.95. The molecule has 0 amide bonds. The van der Waals surface area contributed by atoms with Crippen LogP contribution in [-0.4, -0.2) is 10.6 Å². The lowest BCUT2D eigenvalue weighted by atomic mass is 10.2. The second-order valence-corrected chi connectivity index (χ2v) is 3.71. The van der Waals surface area contributed by atoms with Gasteiger partial charge in [-0.15, -0.1) is 0 Å². The molecule has 0 N–H and O–H groups in total. The first-order valence-corrected chi connectivity index (χ1v) is 5.00. The first kappa shape index (κ1) is 14.0. The molecule has 0 radical (unpaired) electrons. The van der Waals surface area contributed by atoms with E-state index >= 15 is 0 Å². The Morgan fingerprint density at radius 2 is 1.65 bits per heavy atom. The number of nitrogens with zero attached hydrogens (tertiary/aromatic N) is 1. The Morgan fingerprint density at radius 3 is 2.06 bits per heavy atom. The molecule has 0 saturated heterocycles. The second kappa shape index (κ2) is 5.51. The van der Waals surface area contributed by atoms with Crippen LogP contribution in [0.4, 0.5) is 17.6 Å². The molecule has 1 aromatic rings. The minimum absolute atomic E-state index is 0.230. The molecule has 1 rings (SSSR count). The van der Waals surface area contributed by atoms with Crippen LogP contribution in [0.1, 0.15) is 5.56 Å². The van der Waals surface area contributed by atoms with Crippen molar-refractivity contribution in [2.45, 2.75) is 5.38 Å². The average Bonchev–Trinajstić information content (AvgIpc) is 2.24. The molecule has 1 aromatic carbocycles. The Morgan fingerprint density at radius 1 is 1.12 bits per heavy atom. The molecular formula is C10H5Cl2F4N. The van der Waals surface area contributed by atoms with Crippen molar-refractivity contribution in [2.75, 3.05) is 0 Å². The fourth-order valence-corrected chi connectivity index (χ4v) is 1.28. The van der Waals surface area contributed by atoms with Gasteiger partial charge in [-0.1, -0.05) is 41.9 Å². The van der Waals surface area contributed by atoms with Gasteiger partial charge >= 0.3 is 5.38 Å². The fraction of sp³-hybridized carbons (Fsp3) is 0.100. The molecule has 1 nitrogen and oxygen atoms in total. The molecule has 0 heterocycles. The third-order valence-corrected chi connectivity index (χ3v) is 2.15. The van der Waals surface area contributed by atoms with Crippen molar-refractivity contribution in [2.24, 2.45) is 4.99 Å². The SMILES string of the molecule is FC(F)=C(N=C(Cl)c1ccccc1)C(F)(F)Cl. The molecule has 0 unspecified atom stereocenters. The molecule has 0 aromatic heterocycles. The van der Waals surface area contributed by atoms with Crippen molar-refractivity contribution in [3.05, 3.63) is 47.7 Å². The molecule has 0 saturated carbocycles. The third kappa shape index (κ3) is 4.02. The number of hydrogen-bond donors (Lipinski definition) is 0. The summed E-state index contributed by atoms with van der Waals surface area (Å²) in [6.07, 6.45) is -2.68. The molecule has 0 aliphatic heterocycles. The van der Waals surface area contributed by atoms with Crippen molar-refractivity contribution in [3.8, 4) is 0 Å². The highest BCUT2D eigenvalue weighted by Crippen LogP contribution is 2.33. The van der Waals surface area contributed by atoms with Crippen LogP contribution < -0.4 is 0 Å². The van der Waals surface area contributed by atoms with Crippen LogP contribution in [0, 0.1) is 0 Å². The lowest BCUT2D eigenvalue weighted by Gasteiger charge is -2.07. The predicted octanol–water partition coefficient (Wildman–Crippen LogP) is 4.61. The van der Waals surface area contributed by atoms with E-state index in [4.69, 9.17) is 11.6 Å². The maximum atomic E-state index is 12.6. The molecule has 17 heavy (non-hydrogen) atoms. The largest absolute Gasteiger partial charge is 0.370 e. The monoisotopic (exact) mass is 285 g/mol. The van der Waals surface area contributed by atoms with E-state index in [1.807, 2.05) is 0 Å². The number of hydrogen-bond acceptors (Lipinski definition) is 1. The Bertz CT molecular complexity index is 447. The first-order valence-electron chi connectivity index (χ1n) is 4.24. The van der Waals surface area contributed by atoms with Gasteiger partial charge in [-0.25, -0.2) is 4.99 Å². The maximum Gasteiger partial charge on any atom is 0.370 e. The topological polar surface area (TPSA) is 12.4 Å². The fourth-order valence-electron chi connectivity index (χ4n) is 0.951. The highest BCUT2D eigenvalue weighted by Gasteiger charge is 2.36. The van der Waals surface area contributed by atoms with E-state index in [0.717, 1.165) is 0 Å². The number of alkyl halides is 3. The smallest absolute Gasteiger partial charge is 0.227 e. The number of allylic oxidation sites excluding steroid dienone is 1. The van der Waals surface area contributed by atoms with Crippen LogP contribution in [0.5, 0.6) is 0 Å². The number of rotatable bonds is 3. The average molecular weight is 286 g/mol. The van der Waals surface area contributed by atoms with Crippen molar-refractivity contribution in [1.82, 2.24) is 0 Å². The molecule has 0 aliphatic carbocycles. The number of aliphatic imine (C=N–C) groups is 1. The molecule has 7 heteroatoms. The Balaban J connectivity index is 3.15. The zero-order valence-corrected chi connectivity index (χ0v) is 9.61. The first-order chi connectivity index (χ1) is 7.82. The van der Waals surface area contributed by atoms with E-state index in [0.29, 0.717) is 0 Å². The van der Waals surface area contributed by atoms with Gasteiger partial charge in [-0.05, 0) is 11.6 Å². The van der Waals surface area contributed by atoms with E-state index in [1.165, 1.54) is 12.1 Å². The summed E-state index contributed by atoms with van der Waals surface area (Å²) in [5, 5.41) is -4.76. The third-order valence-electron chi connectivity index (χ3n) is 1.67. The van der Waals surface area contributed by atoms with E-state index in [-0.39, 0.29) is 5.56 Å². The lowest BCUT2D eigenvalue weighted by Crippen LogP contribution is -2.11. The zero-order chi connectivity index (χ0) is 13.1. The maximum absolute atomic E-state index is 12.6. The minimum Gasteiger partial charge on any atom is -0.227 e. The van der Waals surface area contributed by atoms with Crippen LogP contribution in [0.15, 0.2) is 47.1 Å². The van der Waals surface area contributed by atoms with Gasteiger partial charge in [-0.2, -0.15) is 17.6 Å². The van der Waals surface area contributed by atoms with Gasteiger partial charge in [-0.3, -0.25) is 0 Å². The molecule has 92 valence electrons. The Hall–Kier alpha value is -1.07. The minimum atomic E-state index is -4.27. The normalized spacial score (nSPS) is 12.5. The highest BCUT2D eigenvalue weighted by atomic mass is 35.5. The lowest BCUT2D eigenvalue weighted by molar-refractivity contribution is 0.128. The quantitative estimate of drug-likeness (QED) is 0.437. The van der Waals surface area contributed by atoms with Crippen LogP contribution >= 0.6 is 23.2 Å². The molecular weight excluding hydrogens is 281 g/mol. The summed E-state index contributed by atoms with van der Waals surface area (Å²) in [5.41, 5.74) is -1.62. The molecule has 0 fully saturated rings. The summed E-state index contributed by atoms with van der Waals surface area (Å²) < 4.78 is 49.6. The van der Waals surface area contributed by atoms with Crippen LogP contribution in [0.2, 0.25) is 0 Å². The van der Waals surface area contributed by atoms with E-state index in [9.17, 15) is 17.6 Å². The molecule has 0 spiro atoms. The van der Waals surface area contributed by atoms with E-state index in [2.05, 4.69) is 16.6 Å². The number of benzene rings is 1. The summed E-state index contributed by atoms with van der Waals surface area (Å²) in [7, 11) is 0. The van der Waals surface area contributed by atoms with Crippen molar-refractivity contribution >= 4 is 28.4 Å². The van der Waals surface area contributed by atoms with Crippen LogP contribution in [-0.2, 0) is 0 Å². The highest BCUT2D eigenvalue weighted by molar-refractivity contribution is 6.69. The standard InChI is InChI=1S/C10H5Cl2F4N/c11-8(6-4-2-1-3-5-6)17-7(9(13)14)10(12,15)16/h1-5H. The molecule has 0 bridgehead atoms. The molecule has 0 aliphatic rings. The van der Waals surface area contributed by atoms with Gasteiger partial charge < -0.3 is 0 Å². The summed E-state index contributed by atoms with van der Waals surface area (Å²) in [5.74, 6) is 0. The van der Waals surface area contributed by atoms with Crippen molar-refractivity contribution in [1.29, 1.82) is 0 Å². The number of halogens is 6. The van der Waals surface area contributed by atoms with Crippen LogP contribution in [0.3, 0.4) is 0 Å². The van der Waals surface area contributed by atoms with Gasteiger partial charge in [0.25, 0.3) is 6.08 Å². The van der Waals surface area contributed by atoms with Gasteiger partial charge in [0.05, 0.1) is 0 Å². The summed E-state index contributed by atoms with van der Waals surface area (Å²) in [6.45, 7) is 0. The second-order valence-electron chi connectivity index (χ2n) is 2.88. The van der Waals surface area contributed by atoms with E-state index in [1.54, 1.807) is 18.2 Å². The summed E-state index contributed by atoms with van der Waals surface area (Å²) >= 11 is 10.0. The van der Waals surface area contributed by atoms with Crippen molar-refractivity contribution in [3.63, 3.8) is 0 Å².